The molecule has 0 aliphatic carbocycles. The third-order valence-electron chi connectivity index (χ3n) is 5.53. The maximum absolute atomic E-state index is 13.4. The van der Waals surface area contributed by atoms with Crippen LogP contribution in [0, 0.1) is 6.92 Å². The van der Waals surface area contributed by atoms with Crippen molar-refractivity contribution in [3.8, 4) is 11.5 Å². The molecular formula is C27H34O5. The summed E-state index contributed by atoms with van der Waals surface area (Å²) in [5, 5.41) is 20.4. The first-order valence-electron chi connectivity index (χ1n) is 10.9. The summed E-state index contributed by atoms with van der Waals surface area (Å²) in [7, 11) is 0. The SMILES string of the molecule is CC(C)=CCC/C(C)=C(/C(=O)C1=C(C)C(CC=C(C)C)O1)C(=O)c1cc(O)cc(C)c1O. The Hall–Kier alpha value is -3.08. The Bertz CT molecular complexity index is 1040. The van der Waals surface area contributed by atoms with Crippen molar-refractivity contribution in [2.45, 2.75) is 73.8 Å². The van der Waals surface area contributed by atoms with Gasteiger partial charge in [0.15, 0.2) is 5.76 Å². The number of ketones is 2. The predicted molar refractivity (Wildman–Crippen MR) is 127 cm³/mol. The van der Waals surface area contributed by atoms with E-state index in [4.69, 9.17) is 4.74 Å². The summed E-state index contributed by atoms with van der Waals surface area (Å²) in [6.45, 7) is 13.2. The van der Waals surface area contributed by atoms with Gasteiger partial charge in [-0.1, -0.05) is 28.9 Å². The summed E-state index contributed by atoms with van der Waals surface area (Å²) < 4.78 is 5.78. The number of carbonyl (C=O) groups excluding carboxylic acids is 2. The highest BCUT2D eigenvalue weighted by atomic mass is 16.5. The molecule has 1 aliphatic rings. The van der Waals surface area contributed by atoms with Crippen LogP contribution in [-0.4, -0.2) is 27.9 Å². The number of rotatable bonds is 9. The number of ether oxygens (including phenoxy) is 1. The van der Waals surface area contributed by atoms with Gasteiger partial charge in [0.1, 0.15) is 17.6 Å². The van der Waals surface area contributed by atoms with Gasteiger partial charge in [-0.3, -0.25) is 9.59 Å². The minimum absolute atomic E-state index is 0.0116. The summed E-state index contributed by atoms with van der Waals surface area (Å²) in [6, 6.07) is 2.57. The molecule has 2 N–H and O–H groups in total. The number of carbonyl (C=O) groups is 2. The zero-order valence-corrected chi connectivity index (χ0v) is 20.1. The van der Waals surface area contributed by atoms with Crippen LogP contribution in [0.25, 0.3) is 0 Å². The molecule has 0 bridgehead atoms. The van der Waals surface area contributed by atoms with Crippen LogP contribution in [0.15, 0.2) is 57.9 Å². The van der Waals surface area contributed by atoms with Crippen molar-refractivity contribution in [3.05, 3.63) is 69.0 Å². The summed E-state index contributed by atoms with van der Waals surface area (Å²) in [5.74, 6) is -1.28. The van der Waals surface area contributed by atoms with Crippen molar-refractivity contribution in [1.82, 2.24) is 0 Å². The molecule has 0 aromatic heterocycles. The largest absolute Gasteiger partial charge is 0.508 e. The lowest BCUT2D eigenvalue weighted by Crippen LogP contribution is -2.32. The van der Waals surface area contributed by atoms with Gasteiger partial charge in [0.25, 0.3) is 0 Å². The average molecular weight is 439 g/mol. The van der Waals surface area contributed by atoms with Gasteiger partial charge in [0.2, 0.25) is 11.6 Å². The standard InChI is InChI=1S/C27H34O5/c1-15(2)9-8-10-17(5)23(25(30)21-14-20(28)13-18(6)24(21)29)26(31)27-19(7)22(32-27)12-11-16(3)4/h9,11,13-14,22,28-29H,8,10,12H2,1-7H3/b23-17+. The molecule has 5 heteroatoms. The van der Waals surface area contributed by atoms with Gasteiger partial charge >= 0.3 is 0 Å². The highest BCUT2D eigenvalue weighted by Crippen LogP contribution is 2.35. The average Bonchev–Trinajstić information content (AvgIpc) is 2.68. The molecule has 0 radical (unpaired) electrons. The molecule has 0 amide bonds. The Labute approximate surface area is 190 Å². The third-order valence-corrected chi connectivity index (χ3v) is 5.53. The number of aromatic hydroxyl groups is 2. The molecule has 5 nitrogen and oxygen atoms in total. The molecule has 32 heavy (non-hydrogen) atoms. The molecule has 1 heterocycles. The molecule has 1 aliphatic heterocycles. The molecule has 1 aromatic rings. The van der Waals surface area contributed by atoms with E-state index in [1.165, 1.54) is 17.7 Å². The van der Waals surface area contributed by atoms with Crippen LogP contribution >= 0.6 is 0 Å². The number of hydrogen-bond acceptors (Lipinski definition) is 5. The lowest BCUT2D eigenvalue weighted by Gasteiger charge is -2.32. The molecule has 1 aromatic carbocycles. The maximum Gasteiger partial charge on any atom is 0.231 e. The zero-order valence-electron chi connectivity index (χ0n) is 20.1. The third kappa shape index (κ3) is 5.78. The van der Waals surface area contributed by atoms with Gasteiger partial charge in [-0.25, -0.2) is 0 Å². The second-order valence-corrected chi connectivity index (χ2v) is 8.93. The van der Waals surface area contributed by atoms with Crippen molar-refractivity contribution < 1.29 is 24.5 Å². The number of allylic oxidation sites excluding steroid dienone is 5. The first-order chi connectivity index (χ1) is 14.9. The number of phenolic OH excluding ortho intramolecular Hbond substituents is 2. The normalized spacial score (nSPS) is 15.9. The van der Waals surface area contributed by atoms with Crippen molar-refractivity contribution >= 4 is 11.6 Å². The quantitative estimate of drug-likeness (QED) is 0.119. The molecule has 0 saturated carbocycles. The van der Waals surface area contributed by atoms with E-state index in [0.717, 1.165) is 11.1 Å². The lowest BCUT2D eigenvalue weighted by atomic mass is 9.88. The fraction of sp³-hybridized carbons (Fsp3) is 0.407. The van der Waals surface area contributed by atoms with Gasteiger partial charge in [-0.15, -0.1) is 0 Å². The van der Waals surface area contributed by atoms with Crippen molar-refractivity contribution in [2.24, 2.45) is 0 Å². The smallest absolute Gasteiger partial charge is 0.231 e. The number of Topliss-reactive ketones (excluding diaryl/α,β-unsaturated/α-hetero) is 2. The van der Waals surface area contributed by atoms with E-state index in [2.05, 4.69) is 6.08 Å². The number of aryl methyl sites for hydroxylation is 1. The molecule has 172 valence electrons. The Kier molecular flexibility index (Phi) is 8.25. The van der Waals surface area contributed by atoms with Crippen molar-refractivity contribution in [3.63, 3.8) is 0 Å². The second kappa shape index (κ2) is 10.5. The van der Waals surface area contributed by atoms with E-state index in [1.807, 2.05) is 40.7 Å². The van der Waals surface area contributed by atoms with Gasteiger partial charge in [0.05, 0.1) is 11.1 Å². The topological polar surface area (TPSA) is 83.8 Å². The molecule has 1 unspecified atom stereocenters. The molecule has 0 saturated heterocycles. The predicted octanol–water partition coefficient (Wildman–Crippen LogP) is 6.25. The van der Waals surface area contributed by atoms with Gasteiger partial charge < -0.3 is 14.9 Å². The summed E-state index contributed by atoms with van der Waals surface area (Å²) in [5.41, 5.74) is 4.01. The summed E-state index contributed by atoms with van der Waals surface area (Å²) >= 11 is 0. The molecule has 0 fully saturated rings. The monoisotopic (exact) mass is 438 g/mol. The van der Waals surface area contributed by atoms with Gasteiger partial charge in [0, 0.05) is 12.0 Å². The van der Waals surface area contributed by atoms with E-state index < -0.39 is 11.6 Å². The van der Waals surface area contributed by atoms with E-state index in [0.29, 0.717) is 30.4 Å². The minimum atomic E-state index is -0.613. The van der Waals surface area contributed by atoms with E-state index in [1.54, 1.807) is 13.8 Å². The molecule has 0 spiro atoms. The molecular weight excluding hydrogens is 404 g/mol. The zero-order chi connectivity index (χ0) is 24.2. The van der Waals surface area contributed by atoms with E-state index >= 15 is 0 Å². The number of phenols is 2. The fourth-order valence-corrected chi connectivity index (χ4v) is 3.59. The fourth-order valence-electron chi connectivity index (χ4n) is 3.59. The van der Waals surface area contributed by atoms with Crippen LogP contribution in [0.4, 0.5) is 0 Å². The molecule has 2 rings (SSSR count). The maximum atomic E-state index is 13.4. The van der Waals surface area contributed by atoms with Crippen molar-refractivity contribution in [1.29, 1.82) is 0 Å². The van der Waals surface area contributed by atoms with Crippen LogP contribution in [-0.2, 0) is 9.53 Å². The summed E-state index contributed by atoms with van der Waals surface area (Å²) in [6.07, 6.45) is 5.79. The van der Waals surface area contributed by atoms with Crippen molar-refractivity contribution in [2.75, 3.05) is 0 Å². The Balaban J connectivity index is 2.49. The number of benzene rings is 1. The van der Waals surface area contributed by atoms with Crippen LogP contribution in [0.3, 0.4) is 0 Å². The Morgan fingerprint density at radius 2 is 1.59 bits per heavy atom. The highest BCUT2D eigenvalue weighted by Gasteiger charge is 2.37. The van der Waals surface area contributed by atoms with Gasteiger partial charge in [-0.05, 0) is 79.0 Å². The van der Waals surface area contributed by atoms with Crippen LogP contribution in [0.5, 0.6) is 11.5 Å². The van der Waals surface area contributed by atoms with Crippen LogP contribution < -0.4 is 0 Å². The molecule has 1 atom stereocenters. The first kappa shape index (κ1) is 25.2. The highest BCUT2D eigenvalue weighted by molar-refractivity contribution is 6.31. The Morgan fingerprint density at radius 1 is 0.969 bits per heavy atom. The minimum Gasteiger partial charge on any atom is -0.508 e. The Morgan fingerprint density at radius 3 is 2.16 bits per heavy atom. The lowest BCUT2D eigenvalue weighted by molar-refractivity contribution is -0.118. The second-order valence-electron chi connectivity index (χ2n) is 8.93. The first-order valence-corrected chi connectivity index (χ1v) is 10.9. The van der Waals surface area contributed by atoms with Gasteiger partial charge in [-0.2, -0.15) is 0 Å². The van der Waals surface area contributed by atoms with Crippen LogP contribution in [0.1, 0.15) is 76.7 Å². The number of hydrogen-bond donors (Lipinski definition) is 2. The summed E-state index contributed by atoms with van der Waals surface area (Å²) in [4.78, 5) is 26.9. The van der Waals surface area contributed by atoms with Crippen LogP contribution in [0.2, 0.25) is 0 Å². The van der Waals surface area contributed by atoms with E-state index in [9.17, 15) is 19.8 Å². The van der Waals surface area contributed by atoms with E-state index in [-0.39, 0.29) is 34.5 Å².